The normalized spacial score (nSPS) is 14.6. The summed E-state index contributed by atoms with van der Waals surface area (Å²) in [4.78, 5) is 28.3. The Kier molecular flexibility index (Phi) is 6.81. The summed E-state index contributed by atoms with van der Waals surface area (Å²) in [6.45, 7) is 1.58. The summed E-state index contributed by atoms with van der Waals surface area (Å²) in [6.07, 6.45) is 1.68. The predicted octanol–water partition coefficient (Wildman–Crippen LogP) is 5.16. The molecule has 4 aromatic rings. The molecule has 0 atom stereocenters. The number of fused-ring (bicyclic) bond motifs is 3. The van der Waals surface area contributed by atoms with Gasteiger partial charge in [-0.3, -0.25) is 9.79 Å². The van der Waals surface area contributed by atoms with Gasteiger partial charge in [-0.15, -0.1) is 0 Å². The third-order valence-corrected chi connectivity index (χ3v) is 7.60. The average molecular weight is 636 g/mol. The number of rotatable bonds is 5. The van der Waals surface area contributed by atoms with Crippen LogP contribution in [0.15, 0.2) is 71.9 Å². The van der Waals surface area contributed by atoms with Crippen LogP contribution in [0.4, 0.5) is 20.4 Å². The number of nitrogens with one attached hydrogen (secondary N) is 2. The molecule has 39 heavy (non-hydrogen) atoms. The van der Waals surface area contributed by atoms with Gasteiger partial charge in [-0.05, 0) is 78.2 Å². The van der Waals surface area contributed by atoms with Crippen LogP contribution in [0.1, 0.15) is 27.0 Å². The fourth-order valence-electron chi connectivity index (χ4n) is 4.76. The van der Waals surface area contributed by atoms with Gasteiger partial charge in [0.15, 0.2) is 0 Å². The number of carbonyl (C=O) groups excluding carboxylic acids is 1. The van der Waals surface area contributed by atoms with E-state index in [1.165, 1.54) is 18.2 Å². The van der Waals surface area contributed by atoms with Gasteiger partial charge in [0.1, 0.15) is 11.6 Å². The van der Waals surface area contributed by atoms with Gasteiger partial charge in [0.25, 0.3) is 5.91 Å². The van der Waals surface area contributed by atoms with Crippen LogP contribution in [0.25, 0.3) is 11.3 Å². The first-order valence-corrected chi connectivity index (χ1v) is 13.5. The molecule has 3 heterocycles. The fraction of sp³-hybridized carbons (Fsp3) is 0.172. The Morgan fingerprint density at radius 3 is 2.49 bits per heavy atom. The van der Waals surface area contributed by atoms with Crippen LogP contribution < -0.4 is 10.6 Å². The molecule has 1 saturated heterocycles. The van der Waals surface area contributed by atoms with Gasteiger partial charge in [0, 0.05) is 56.8 Å². The summed E-state index contributed by atoms with van der Waals surface area (Å²) >= 11 is 2.17. The fourth-order valence-corrected chi connectivity index (χ4v) is 5.25. The number of hydrogen-bond acceptors (Lipinski definition) is 6. The van der Waals surface area contributed by atoms with Gasteiger partial charge in [-0.2, -0.15) is 0 Å². The van der Waals surface area contributed by atoms with E-state index in [1.807, 2.05) is 37.4 Å². The summed E-state index contributed by atoms with van der Waals surface area (Å²) in [5.74, 6) is -0.980. The van der Waals surface area contributed by atoms with Gasteiger partial charge in [-0.25, -0.2) is 18.7 Å². The number of likely N-dealkylation sites (N-methyl/N-ethyl adjacent to an activating group) is 1. The maximum Gasteiger partial charge on any atom is 0.253 e. The average Bonchev–Trinajstić information content (AvgIpc) is 3.05. The number of carbonyl (C=O) groups is 1. The molecule has 2 N–H and O–H groups in total. The van der Waals surface area contributed by atoms with Crippen molar-refractivity contribution in [1.82, 2.24) is 20.2 Å². The first-order valence-electron chi connectivity index (χ1n) is 12.4. The monoisotopic (exact) mass is 636 g/mol. The molecule has 196 valence electrons. The lowest BCUT2D eigenvalue weighted by molar-refractivity contribution is 0.0577. The van der Waals surface area contributed by atoms with E-state index >= 15 is 0 Å². The van der Waals surface area contributed by atoms with Crippen LogP contribution in [0.3, 0.4) is 0 Å². The molecule has 0 saturated carbocycles. The Labute approximate surface area is 237 Å². The molecule has 7 nitrogen and oxygen atoms in total. The molecule has 2 aliphatic heterocycles. The van der Waals surface area contributed by atoms with Crippen molar-refractivity contribution in [3.8, 4) is 11.3 Å². The standard InChI is InChI=1S/C29H23F2IN6O/c1-33-20-14-38(15-20)28(39)16-5-8-19(9-6-16)36-29-35-13-17-12-34-27(25-23(30)3-2-4-24(25)31)22-11-18(32)7-10-21(22)26(17)37-29/h2-11,13,20,33H,12,14-15H2,1H3,(H,35,36,37). The summed E-state index contributed by atoms with van der Waals surface area (Å²) in [5, 5.41) is 6.37. The summed E-state index contributed by atoms with van der Waals surface area (Å²) in [7, 11) is 1.89. The number of halogens is 3. The molecule has 0 aliphatic carbocycles. The summed E-state index contributed by atoms with van der Waals surface area (Å²) in [5.41, 5.74) is 4.12. The van der Waals surface area contributed by atoms with E-state index in [4.69, 9.17) is 4.98 Å². The van der Waals surface area contributed by atoms with Crippen LogP contribution in [0.2, 0.25) is 0 Å². The topological polar surface area (TPSA) is 82.5 Å². The molecule has 3 aromatic carbocycles. The zero-order chi connectivity index (χ0) is 27.1. The maximum atomic E-state index is 14.8. The maximum absolute atomic E-state index is 14.8. The Bertz CT molecular complexity index is 1600. The zero-order valence-electron chi connectivity index (χ0n) is 20.9. The molecule has 0 spiro atoms. The van der Waals surface area contributed by atoms with Crippen molar-refractivity contribution in [2.24, 2.45) is 4.99 Å². The van der Waals surface area contributed by atoms with Gasteiger partial charge in [-0.1, -0.05) is 12.1 Å². The molecule has 1 amide bonds. The molecule has 6 rings (SSSR count). The number of anilines is 2. The zero-order valence-corrected chi connectivity index (χ0v) is 23.0. The lowest BCUT2D eigenvalue weighted by Gasteiger charge is -2.39. The lowest BCUT2D eigenvalue weighted by atomic mass is 9.95. The number of nitrogens with zero attached hydrogens (tertiary/aromatic N) is 4. The van der Waals surface area contributed by atoms with Gasteiger partial charge < -0.3 is 15.5 Å². The minimum Gasteiger partial charge on any atom is -0.335 e. The highest BCUT2D eigenvalue weighted by Crippen LogP contribution is 2.34. The van der Waals surface area contributed by atoms with Crippen molar-refractivity contribution in [3.05, 3.63) is 104 Å². The second-order valence-electron chi connectivity index (χ2n) is 9.42. The number of likely N-dealkylation sites (tertiary alicyclic amines) is 1. The Balaban J connectivity index is 1.30. The minimum atomic E-state index is -0.671. The number of aliphatic imine (C=N–C) groups is 1. The van der Waals surface area contributed by atoms with Crippen molar-refractivity contribution in [1.29, 1.82) is 0 Å². The lowest BCUT2D eigenvalue weighted by Crippen LogP contribution is -2.58. The molecule has 0 radical (unpaired) electrons. The Hall–Kier alpha value is -3.77. The molecule has 1 fully saturated rings. The van der Waals surface area contributed by atoms with Crippen LogP contribution in [-0.4, -0.2) is 52.7 Å². The highest BCUT2D eigenvalue weighted by Gasteiger charge is 2.30. The highest BCUT2D eigenvalue weighted by molar-refractivity contribution is 14.1. The van der Waals surface area contributed by atoms with Crippen molar-refractivity contribution in [2.75, 3.05) is 25.5 Å². The number of benzene rings is 3. The van der Waals surface area contributed by atoms with E-state index < -0.39 is 11.6 Å². The van der Waals surface area contributed by atoms with E-state index in [1.54, 1.807) is 23.2 Å². The Morgan fingerprint density at radius 2 is 1.77 bits per heavy atom. The van der Waals surface area contributed by atoms with Crippen molar-refractivity contribution >= 4 is 45.8 Å². The van der Waals surface area contributed by atoms with Gasteiger partial charge in [0.2, 0.25) is 5.95 Å². The minimum absolute atomic E-state index is 0.00247. The molecular weight excluding hydrogens is 613 g/mol. The van der Waals surface area contributed by atoms with Crippen molar-refractivity contribution < 1.29 is 13.6 Å². The quantitative estimate of drug-likeness (QED) is 0.296. The van der Waals surface area contributed by atoms with Crippen molar-refractivity contribution in [3.63, 3.8) is 0 Å². The van der Waals surface area contributed by atoms with E-state index in [0.717, 1.165) is 14.8 Å². The second-order valence-corrected chi connectivity index (χ2v) is 10.7. The second kappa shape index (κ2) is 10.4. The summed E-state index contributed by atoms with van der Waals surface area (Å²) in [6, 6.07) is 17.0. The number of aromatic nitrogens is 2. The highest BCUT2D eigenvalue weighted by atomic mass is 127. The van der Waals surface area contributed by atoms with Crippen LogP contribution in [-0.2, 0) is 6.54 Å². The van der Waals surface area contributed by atoms with Crippen LogP contribution in [0, 0.1) is 15.2 Å². The molecule has 10 heteroatoms. The first kappa shape index (κ1) is 25.5. The van der Waals surface area contributed by atoms with Crippen LogP contribution in [0.5, 0.6) is 0 Å². The third kappa shape index (κ3) is 4.89. The largest absolute Gasteiger partial charge is 0.335 e. The molecule has 1 aromatic heterocycles. The van der Waals surface area contributed by atoms with Crippen molar-refractivity contribution in [2.45, 2.75) is 12.6 Å². The molecular formula is C29H23F2IN6O. The SMILES string of the molecule is CNC1CN(C(=O)c2ccc(Nc3ncc4c(n3)-c3ccc(I)cc3C(c3c(F)cccc3F)=NC4)cc2)C1. The first-order chi connectivity index (χ1) is 18.9. The summed E-state index contributed by atoms with van der Waals surface area (Å²) < 4.78 is 30.5. The molecule has 2 aliphatic rings. The van der Waals surface area contributed by atoms with E-state index in [2.05, 4.69) is 43.2 Å². The third-order valence-electron chi connectivity index (χ3n) is 6.93. The predicted molar refractivity (Wildman–Crippen MR) is 154 cm³/mol. The Morgan fingerprint density at radius 1 is 1.03 bits per heavy atom. The molecule has 0 bridgehead atoms. The van der Waals surface area contributed by atoms with E-state index in [9.17, 15) is 13.6 Å². The van der Waals surface area contributed by atoms with Crippen LogP contribution >= 0.6 is 22.6 Å². The van der Waals surface area contributed by atoms with E-state index in [0.29, 0.717) is 47.5 Å². The van der Waals surface area contributed by atoms with Gasteiger partial charge in [0.05, 0.1) is 23.5 Å². The van der Waals surface area contributed by atoms with Gasteiger partial charge >= 0.3 is 0 Å². The van der Waals surface area contributed by atoms with E-state index in [-0.39, 0.29) is 23.7 Å². The number of hydrogen-bond donors (Lipinski definition) is 2. The number of amides is 1. The smallest absolute Gasteiger partial charge is 0.253 e. The molecule has 0 unspecified atom stereocenters.